The van der Waals surface area contributed by atoms with Crippen LogP contribution in [0.15, 0.2) is 66.7 Å². The molecule has 0 aliphatic heterocycles. The van der Waals surface area contributed by atoms with Gasteiger partial charge in [0.15, 0.2) is 5.13 Å². The Balaban J connectivity index is 1.35. The minimum Gasteiger partial charge on any atom is -0.496 e. The van der Waals surface area contributed by atoms with E-state index in [1.54, 1.807) is 27.0 Å². The van der Waals surface area contributed by atoms with Gasteiger partial charge in [0.05, 0.1) is 29.7 Å². The lowest BCUT2D eigenvalue weighted by Gasteiger charge is -2.16. The number of benzene rings is 3. The molecule has 5 rings (SSSR count). The van der Waals surface area contributed by atoms with Crippen molar-refractivity contribution >= 4 is 40.7 Å². The number of hydrogen-bond acceptors (Lipinski definition) is 6. The highest BCUT2D eigenvalue weighted by molar-refractivity contribution is 7.14. The van der Waals surface area contributed by atoms with Crippen LogP contribution in [0.1, 0.15) is 43.9 Å². The Morgan fingerprint density at radius 2 is 1.74 bits per heavy atom. The maximum Gasteiger partial charge on any atom is 0.412 e. The van der Waals surface area contributed by atoms with Gasteiger partial charge in [-0.25, -0.2) is 9.18 Å². The van der Waals surface area contributed by atoms with Crippen LogP contribution in [0.4, 0.5) is 19.3 Å². The molecule has 1 aliphatic carbocycles. The summed E-state index contributed by atoms with van der Waals surface area (Å²) >= 11 is 6.99. The monoisotopic (exact) mass is 611 g/mol. The fraction of sp³-hybridized carbons (Fsp3) is 0.250. The highest BCUT2D eigenvalue weighted by atomic mass is 35.5. The number of anilines is 1. The van der Waals surface area contributed by atoms with E-state index in [0.717, 1.165) is 40.9 Å². The molecule has 4 aromatic rings. The Morgan fingerprint density at radius 1 is 1.02 bits per heavy atom. The van der Waals surface area contributed by atoms with Gasteiger partial charge in [-0.2, -0.15) is 4.39 Å². The SMILES string of the molecule is CCOC(=O)C1(c2ccc(-c3ccc(-c4sc(F)cc4NC(=O)OC(C)c4cc(F)ccc4Cl)cc3OC)cc2)CC1. The molecule has 1 atom stereocenters. The number of nitrogens with one attached hydrogen (secondary N) is 1. The van der Waals surface area contributed by atoms with Gasteiger partial charge in [0.1, 0.15) is 17.7 Å². The molecular weight excluding hydrogens is 584 g/mol. The first-order chi connectivity index (χ1) is 20.1. The zero-order chi connectivity index (χ0) is 30.0. The minimum absolute atomic E-state index is 0.191. The number of thiophene rings is 1. The molecule has 0 saturated heterocycles. The van der Waals surface area contributed by atoms with E-state index in [9.17, 15) is 18.4 Å². The zero-order valence-electron chi connectivity index (χ0n) is 23.1. The normalized spacial score (nSPS) is 14.1. The highest BCUT2D eigenvalue weighted by Gasteiger charge is 2.52. The molecule has 1 unspecified atom stereocenters. The fourth-order valence-electron chi connectivity index (χ4n) is 4.90. The Labute approximate surface area is 251 Å². The summed E-state index contributed by atoms with van der Waals surface area (Å²) in [4.78, 5) is 25.6. The number of esters is 1. The summed E-state index contributed by atoms with van der Waals surface area (Å²) in [7, 11) is 1.54. The van der Waals surface area contributed by atoms with Crippen LogP contribution in [-0.4, -0.2) is 25.8 Å². The smallest absolute Gasteiger partial charge is 0.412 e. The molecular formula is C32H28ClF2NO5S. The van der Waals surface area contributed by atoms with Gasteiger partial charge in [0.2, 0.25) is 0 Å². The Hall–Kier alpha value is -3.95. The molecule has 1 saturated carbocycles. The van der Waals surface area contributed by atoms with E-state index in [2.05, 4.69) is 5.32 Å². The second-order valence-electron chi connectivity index (χ2n) is 9.93. The van der Waals surface area contributed by atoms with Crippen LogP contribution in [-0.2, 0) is 19.7 Å². The molecule has 1 aliphatic rings. The third kappa shape index (κ3) is 5.98. The number of carbonyl (C=O) groups is 2. The Kier molecular flexibility index (Phi) is 8.52. The predicted octanol–water partition coefficient (Wildman–Crippen LogP) is 8.93. The molecule has 1 fully saturated rings. The third-order valence-electron chi connectivity index (χ3n) is 7.25. The summed E-state index contributed by atoms with van der Waals surface area (Å²) in [5.41, 5.74) is 3.20. The third-order valence-corrected chi connectivity index (χ3v) is 8.56. The van der Waals surface area contributed by atoms with Crippen molar-refractivity contribution < 1.29 is 32.6 Å². The van der Waals surface area contributed by atoms with Crippen LogP contribution in [0.25, 0.3) is 21.6 Å². The van der Waals surface area contributed by atoms with E-state index in [0.29, 0.717) is 28.4 Å². The van der Waals surface area contributed by atoms with Crippen LogP contribution in [0.5, 0.6) is 5.75 Å². The lowest BCUT2D eigenvalue weighted by molar-refractivity contribution is -0.146. The van der Waals surface area contributed by atoms with Crippen LogP contribution in [0, 0.1) is 10.9 Å². The molecule has 1 amide bonds. The lowest BCUT2D eigenvalue weighted by atomic mass is 9.93. The standard InChI is InChI=1S/C32H28ClF2NO5S/c1-4-40-30(37)32(13-14-32)21-8-5-19(6-9-21)23-11-7-20(15-27(23)39-3)29-26(17-28(35)42-29)36-31(38)41-18(2)24-16-22(34)10-12-25(24)33/h5-12,15-18H,4,13-14H2,1-3H3,(H,36,38). The van der Waals surface area contributed by atoms with Crippen molar-refractivity contribution in [2.45, 2.75) is 38.2 Å². The summed E-state index contributed by atoms with van der Waals surface area (Å²) < 4.78 is 44.4. The van der Waals surface area contributed by atoms with Gasteiger partial charge in [0, 0.05) is 22.2 Å². The van der Waals surface area contributed by atoms with Gasteiger partial charge >= 0.3 is 12.1 Å². The summed E-state index contributed by atoms with van der Waals surface area (Å²) in [5.74, 6) is -0.156. The topological polar surface area (TPSA) is 73.9 Å². The van der Waals surface area contributed by atoms with E-state index < -0.39 is 28.6 Å². The molecule has 42 heavy (non-hydrogen) atoms. The van der Waals surface area contributed by atoms with E-state index in [-0.39, 0.29) is 16.7 Å². The maximum atomic E-state index is 14.4. The highest BCUT2D eigenvalue weighted by Crippen LogP contribution is 2.50. The van der Waals surface area contributed by atoms with Gasteiger partial charge < -0.3 is 14.2 Å². The first-order valence-corrected chi connectivity index (χ1v) is 14.5. The van der Waals surface area contributed by atoms with Gasteiger partial charge in [-0.1, -0.05) is 48.0 Å². The second-order valence-corrected chi connectivity index (χ2v) is 11.3. The van der Waals surface area contributed by atoms with Gasteiger partial charge in [-0.3, -0.25) is 10.1 Å². The Morgan fingerprint density at radius 3 is 2.40 bits per heavy atom. The van der Waals surface area contributed by atoms with Crippen LogP contribution in [0.3, 0.4) is 0 Å². The molecule has 0 radical (unpaired) electrons. The molecule has 10 heteroatoms. The summed E-state index contributed by atoms with van der Waals surface area (Å²) in [5, 5.41) is 2.34. The zero-order valence-corrected chi connectivity index (χ0v) is 24.7. The van der Waals surface area contributed by atoms with Crippen LogP contribution in [0.2, 0.25) is 5.02 Å². The molecule has 1 aromatic heterocycles. The van der Waals surface area contributed by atoms with Gasteiger partial charge in [0.25, 0.3) is 0 Å². The molecule has 1 heterocycles. The summed E-state index contributed by atoms with van der Waals surface area (Å²) in [6.07, 6.45) is -0.163. The molecule has 0 spiro atoms. The number of amides is 1. The Bertz CT molecular complexity index is 1630. The summed E-state index contributed by atoms with van der Waals surface area (Å²) in [6, 6.07) is 18.2. The maximum absolute atomic E-state index is 14.4. The van der Waals surface area contributed by atoms with Crippen LogP contribution < -0.4 is 10.1 Å². The van der Waals surface area contributed by atoms with Crippen molar-refractivity contribution in [2.24, 2.45) is 0 Å². The van der Waals surface area contributed by atoms with E-state index >= 15 is 0 Å². The number of rotatable bonds is 9. The van der Waals surface area contributed by atoms with Crippen molar-refractivity contribution in [1.82, 2.24) is 0 Å². The lowest BCUT2D eigenvalue weighted by Crippen LogP contribution is -2.23. The average molecular weight is 612 g/mol. The van der Waals surface area contributed by atoms with Crippen molar-refractivity contribution in [3.63, 3.8) is 0 Å². The molecule has 3 aromatic carbocycles. The largest absolute Gasteiger partial charge is 0.496 e. The predicted molar refractivity (Wildman–Crippen MR) is 159 cm³/mol. The first kappa shape index (κ1) is 29.5. The van der Waals surface area contributed by atoms with E-state index in [4.69, 9.17) is 25.8 Å². The fourth-order valence-corrected chi connectivity index (χ4v) is 6.01. The van der Waals surface area contributed by atoms with E-state index in [1.165, 1.54) is 24.3 Å². The number of hydrogen-bond donors (Lipinski definition) is 1. The van der Waals surface area contributed by atoms with Gasteiger partial charge in [-0.15, -0.1) is 11.3 Å². The first-order valence-electron chi connectivity index (χ1n) is 13.3. The van der Waals surface area contributed by atoms with Gasteiger partial charge in [-0.05, 0) is 67.6 Å². The molecule has 0 bridgehead atoms. The summed E-state index contributed by atoms with van der Waals surface area (Å²) in [6.45, 7) is 3.71. The van der Waals surface area contributed by atoms with Crippen LogP contribution >= 0.6 is 22.9 Å². The number of carbonyl (C=O) groups excluding carboxylic acids is 2. The average Bonchev–Trinajstić information content (AvgIpc) is 3.71. The number of ether oxygens (including phenoxy) is 3. The molecule has 1 N–H and O–H groups in total. The quantitative estimate of drug-likeness (QED) is 0.191. The van der Waals surface area contributed by atoms with Crippen molar-refractivity contribution in [3.05, 3.63) is 93.8 Å². The van der Waals surface area contributed by atoms with Crippen molar-refractivity contribution in [3.8, 4) is 27.3 Å². The van der Waals surface area contributed by atoms with E-state index in [1.807, 2.05) is 36.4 Å². The number of methoxy groups -OCH3 is 1. The van der Waals surface area contributed by atoms with Crippen molar-refractivity contribution in [2.75, 3.05) is 19.0 Å². The number of halogens is 3. The minimum atomic E-state index is -0.849. The second kappa shape index (κ2) is 12.1. The molecule has 218 valence electrons. The molecule has 6 nitrogen and oxygen atoms in total. The van der Waals surface area contributed by atoms with Crippen molar-refractivity contribution in [1.29, 1.82) is 0 Å².